The molecule has 0 unspecified atom stereocenters. The zero-order valence-corrected chi connectivity index (χ0v) is 16.3. The molecule has 4 rings (SSSR count). The fourth-order valence-electron chi connectivity index (χ4n) is 3.52. The van der Waals surface area contributed by atoms with E-state index in [0.717, 1.165) is 28.6 Å². The van der Waals surface area contributed by atoms with Gasteiger partial charge in [-0.3, -0.25) is 0 Å². The molecule has 0 bridgehead atoms. The van der Waals surface area contributed by atoms with Crippen molar-refractivity contribution in [2.75, 3.05) is 0 Å². The first kappa shape index (κ1) is 18.2. The van der Waals surface area contributed by atoms with E-state index >= 15 is 0 Å². The second kappa shape index (κ2) is 8.71. The molecule has 0 atom stereocenters. The van der Waals surface area contributed by atoms with Crippen LogP contribution in [0.25, 0.3) is 34.7 Å². The van der Waals surface area contributed by atoms with Crippen LogP contribution in [0, 0.1) is 0 Å². The van der Waals surface area contributed by atoms with E-state index in [1.807, 2.05) is 30.3 Å². The maximum Gasteiger partial charge on any atom is 0.228 e. The lowest BCUT2D eigenvalue weighted by Gasteiger charge is -2.10. The quantitative estimate of drug-likeness (QED) is 0.251. The van der Waals surface area contributed by atoms with Gasteiger partial charge in [0.05, 0.1) is 0 Å². The Hall–Kier alpha value is -3.13. The van der Waals surface area contributed by atoms with Gasteiger partial charge in [0.25, 0.3) is 0 Å². The van der Waals surface area contributed by atoms with Crippen LogP contribution in [0.4, 0.5) is 0 Å². The molecule has 2 heteroatoms. The van der Waals surface area contributed by atoms with Crippen molar-refractivity contribution in [1.29, 1.82) is 0 Å². The van der Waals surface area contributed by atoms with E-state index in [4.69, 9.17) is 9.40 Å². The summed E-state index contributed by atoms with van der Waals surface area (Å²) in [7, 11) is 0. The predicted octanol–water partition coefficient (Wildman–Crippen LogP) is 7.40. The molecule has 4 aromatic rings. The van der Waals surface area contributed by atoms with Crippen LogP contribution in [0.3, 0.4) is 0 Å². The zero-order valence-electron chi connectivity index (χ0n) is 16.3. The molecule has 3 aromatic carbocycles. The SMILES string of the molecule is CCCCCc1cccc(C=Cc2ccccc2)c1-c1nc2ccccc2o1. The van der Waals surface area contributed by atoms with Crippen LogP contribution in [0.5, 0.6) is 0 Å². The summed E-state index contributed by atoms with van der Waals surface area (Å²) in [4.78, 5) is 4.79. The molecule has 0 aliphatic carbocycles. The van der Waals surface area contributed by atoms with Gasteiger partial charge in [-0.2, -0.15) is 0 Å². The number of rotatable bonds is 7. The van der Waals surface area contributed by atoms with Crippen LogP contribution in [0.1, 0.15) is 42.9 Å². The highest BCUT2D eigenvalue weighted by Gasteiger charge is 2.15. The summed E-state index contributed by atoms with van der Waals surface area (Å²) >= 11 is 0. The first-order valence-corrected chi connectivity index (χ1v) is 10.1. The Labute approximate surface area is 166 Å². The van der Waals surface area contributed by atoms with Gasteiger partial charge in [0.1, 0.15) is 5.52 Å². The van der Waals surface area contributed by atoms with Crippen LogP contribution in [-0.4, -0.2) is 4.98 Å². The molecule has 0 saturated heterocycles. The van der Waals surface area contributed by atoms with Crippen molar-refractivity contribution in [3.05, 3.63) is 89.5 Å². The summed E-state index contributed by atoms with van der Waals surface area (Å²) in [5, 5.41) is 0. The first-order valence-electron chi connectivity index (χ1n) is 10.1. The minimum atomic E-state index is 0.709. The largest absolute Gasteiger partial charge is 0.436 e. The Morgan fingerprint density at radius 2 is 1.64 bits per heavy atom. The van der Waals surface area contributed by atoms with Crippen LogP contribution in [-0.2, 0) is 6.42 Å². The van der Waals surface area contributed by atoms with Gasteiger partial charge in [-0.1, -0.05) is 92.6 Å². The van der Waals surface area contributed by atoms with Crippen molar-refractivity contribution < 1.29 is 4.42 Å². The van der Waals surface area contributed by atoms with Crippen LogP contribution in [0.15, 0.2) is 77.2 Å². The second-order valence-electron chi connectivity index (χ2n) is 7.07. The summed E-state index contributed by atoms with van der Waals surface area (Å²) in [5.74, 6) is 0.709. The highest BCUT2D eigenvalue weighted by molar-refractivity contribution is 5.83. The molecule has 0 spiro atoms. The summed E-state index contributed by atoms with van der Waals surface area (Å²) in [6.07, 6.45) is 8.98. The van der Waals surface area contributed by atoms with Gasteiger partial charge in [0, 0.05) is 5.56 Å². The van der Waals surface area contributed by atoms with Gasteiger partial charge in [-0.15, -0.1) is 0 Å². The number of hydrogen-bond donors (Lipinski definition) is 0. The first-order chi connectivity index (χ1) is 13.8. The molecule has 0 aliphatic rings. The lowest BCUT2D eigenvalue weighted by Crippen LogP contribution is -1.94. The number of unbranched alkanes of at least 4 members (excludes halogenated alkanes) is 2. The minimum absolute atomic E-state index is 0.709. The number of aromatic nitrogens is 1. The van der Waals surface area contributed by atoms with E-state index in [9.17, 15) is 0 Å². The number of oxazole rings is 1. The van der Waals surface area contributed by atoms with Gasteiger partial charge in [0.15, 0.2) is 5.58 Å². The van der Waals surface area contributed by atoms with Crippen molar-refractivity contribution in [3.63, 3.8) is 0 Å². The van der Waals surface area contributed by atoms with Gasteiger partial charge in [0.2, 0.25) is 5.89 Å². The van der Waals surface area contributed by atoms with E-state index < -0.39 is 0 Å². The van der Waals surface area contributed by atoms with Gasteiger partial charge >= 0.3 is 0 Å². The Morgan fingerprint density at radius 3 is 2.46 bits per heavy atom. The number of hydrogen-bond acceptors (Lipinski definition) is 2. The Balaban J connectivity index is 1.78. The van der Waals surface area contributed by atoms with Crippen molar-refractivity contribution >= 4 is 23.3 Å². The summed E-state index contributed by atoms with van der Waals surface area (Å²) in [6.45, 7) is 2.24. The van der Waals surface area contributed by atoms with Crippen LogP contribution in [0.2, 0.25) is 0 Å². The maximum absolute atomic E-state index is 6.15. The van der Waals surface area contributed by atoms with E-state index in [1.165, 1.54) is 30.4 Å². The molecule has 2 nitrogen and oxygen atoms in total. The lowest BCUT2D eigenvalue weighted by atomic mass is 9.96. The highest BCUT2D eigenvalue weighted by atomic mass is 16.3. The molecule has 0 radical (unpaired) electrons. The highest BCUT2D eigenvalue weighted by Crippen LogP contribution is 2.32. The van der Waals surface area contributed by atoms with Crippen molar-refractivity contribution in [1.82, 2.24) is 4.98 Å². The lowest BCUT2D eigenvalue weighted by molar-refractivity contribution is 0.617. The third-order valence-electron chi connectivity index (χ3n) is 5.00. The Bertz CT molecular complexity index is 1040. The zero-order chi connectivity index (χ0) is 19.2. The average molecular weight is 367 g/mol. The maximum atomic E-state index is 6.15. The predicted molar refractivity (Wildman–Crippen MR) is 118 cm³/mol. The third kappa shape index (κ3) is 4.07. The number of para-hydroxylation sites is 2. The molecule has 140 valence electrons. The molecule has 0 aliphatic heterocycles. The van der Waals surface area contributed by atoms with E-state index in [2.05, 4.69) is 61.5 Å². The molecule has 1 aromatic heterocycles. The number of nitrogens with zero attached hydrogens (tertiary/aromatic N) is 1. The topological polar surface area (TPSA) is 26.0 Å². The second-order valence-corrected chi connectivity index (χ2v) is 7.07. The van der Waals surface area contributed by atoms with Crippen LogP contribution < -0.4 is 0 Å². The fourth-order valence-corrected chi connectivity index (χ4v) is 3.52. The van der Waals surface area contributed by atoms with Gasteiger partial charge in [-0.25, -0.2) is 4.98 Å². The molecule has 28 heavy (non-hydrogen) atoms. The average Bonchev–Trinajstić information content (AvgIpc) is 3.17. The molecular weight excluding hydrogens is 342 g/mol. The smallest absolute Gasteiger partial charge is 0.228 e. The Morgan fingerprint density at radius 1 is 0.821 bits per heavy atom. The normalized spacial score (nSPS) is 11.5. The summed E-state index contributed by atoms with van der Waals surface area (Å²) < 4.78 is 6.15. The minimum Gasteiger partial charge on any atom is -0.436 e. The Kier molecular flexibility index (Phi) is 5.67. The van der Waals surface area contributed by atoms with E-state index in [0.29, 0.717) is 5.89 Å². The number of fused-ring (bicyclic) bond motifs is 1. The van der Waals surface area contributed by atoms with Crippen molar-refractivity contribution in [3.8, 4) is 11.5 Å². The van der Waals surface area contributed by atoms with Gasteiger partial charge in [-0.05, 0) is 41.7 Å². The molecule has 0 fully saturated rings. The molecular formula is C26H25NO. The molecule has 0 N–H and O–H groups in total. The third-order valence-corrected chi connectivity index (χ3v) is 5.00. The van der Waals surface area contributed by atoms with E-state index in [-0.39, 0.29) is 0 Å². The van der Waals surface area contributed by atoms with Crippen LogP contribution >= 0.6 is 0 Å². The van der Waals surface area contributed by atoms with E-state index in [1.54, 1.807) is 0 Å². The number of aryl methyl sites for hydroxylation is 1. The van der Waals surface area contributed by atoms with Crippen molar-refractivity contribution in [2.45, 2.75) is 32.6 Å². The molecule has 0 saturated carbocycles. The molecule has 1 heterocycles. The monoisotopic (exact) mass is 367 g/mol. The van der Waals surface area contributed by atoms with Crippen molar-refractivity contribution in [2.24, 2.45) is 0 Å². The van der Waals surface area contributed by atoms with Gasteiger partial charge < -0.3 is 4.42 Å². The summed E-state index contributed by atoms with van der Waals surface area (Å²) in [6, 6.07) is 24.8. The fraction of sp³-hybridized carbons (Fsp3) is 0.192. The number of benzene rings is 3. The summed E-state index contributed by atoms with van der Waals surface area (Å²) in [5.41, 5.74) is 6.47. The standard InChI is InChI=1S/C26H25NO/c1-2-3-5-13-21-14-10-15-22(19-18-20-11-6-4-7-12-20)25(21)26-27-23-16-8-9-17-24(23)28-26/h4,6-12,14-19H,2-3,5,13H2,1H3. The molecule has 0 amide bonds.